The first-order valence-electron chi connectivity index (χ1n) is 16.3. The number of fused-ring (bicyclic) bond motifs is 10. The van der Waals surface area contributed by atoms with Gasteiger partial charge in [0.2, 0.25) is 0 Å². The van der Waals surface area contributed by atoms with Gasteiger partial charge in [0.1, 0.15) is 0 Å². The standard InChI is InChI=1S/C45H28N2S/c1-2-13-29(14-3-1)44-46-40-23-10-6-19-35(40)43(47-44)32-16-12-15-30(27-32)31-25-26-42-39(28-31)45(38-22-9-11-24-41(38)48-42)36-20-7-4-17-33(36)34-18-5-8-21-37(34)45/h1-28H. The van der Waals surface area contributed by atoms with Crippen LogP contribution in [0.5, 0.6) is 0 Å². The zero-order valence-electron chi connectivity index (χ0n) is 26.0. The van der Waals surface area contributed by atoms with E-state index in [2.05, 4.69) is 146 Å². The van der Waals surface area contributed by atoms with Crippen LogP contribution < -0.4 is 0 Å². The molecule has 1 aliphatic carbocycles. The van der Waals surface area contributed by atoms with Crippen LogP contribution in [0.1, 0.15) is 22.3 Å². The third kappa shape index (κ3) is 3.95. The number of hydrogen-bond acceptors (Lipinski definition) is 3. The van der Waals surface area contributed by atoms with Crippen molar-refractivity contribution in [2.45, 2.75) is 15.2 Å². The Labute approximate surface area is 283 Å². The molecule has 0 fully saturated rings. The van der Waals surface area contributed by atoms with Crippen molar-refractivity contribution in [3.8, 4) is 44.9 Å². The topological polar surface area (TPSA) is 25.8 Å². The fourth-order valence-corrected chi connectivity index (χ4v) is 9.07. The van der Waals surface area contributed by atoms with Crippen molar-refractivity contribution in [2.75, 3.05) is 0 Å². The molecule has 3 heteroatoms. The molecule has 0 radical (unpaired) electrons. The van der Waals surface area contributed by atoms with Crippen molar-refractivity contribution >= 4 is 22.7 Å². The molecule has 0 saturated heterocycles. The second kappa shape index (κ2) is 10.6. The lowest BCUT2D eigenvalue weighted by molar-refractivity contribution is 0.723. The molecule has 2 aliphatic rings. The Hall–Kier alpha value is -5.77. The summed E-state index contributed by atoms with van der Waals surface area (Å²) < 4.78 is 0. The Bertz CT molecular complexity index is 2510. The molecule has 0 atom stereocenters. The fourth-order valence-electron chi connectivity index (χ4n) is 7.90. The summed E-state index contributed by atoms with van der Waals surface area (Å²) in [6.07, 6.45) is 0. The fraction of sp³-hybridized carbons (Fsp3) is 0.0222. The molecule has 10 rings (SSSR count). The second-order valence-electron chi connectivity index (χ2n) is 12.5. The summed E-state index contributed by atoms with van der Waals surface area (Å²) in [5, 5.41) is 1.05. The number of rotatable bonds is 3. The van der Waals surface area contributed by atoms with Crippen LogP contribution in [-0.4, -0.2) is 9.97 Å². The number of para-hydroxylation sites is 1. The van der Waals surface area contributed by atoms with Gasteiger partial charge in [0.15, 0.2) is 5.82 Å². The minimum absolute atomic E-state index is 0.397. The highest BCUT2D eigenvalue weighted by Gasteiger charge is 2.50. The highest BCUT2D eigenvalue weighted by Crippen LogP contribution is 2.62. The molecule has 1 aliphatic heterocycles. The first kappa shape index (κ1) is 27.4. The van der Waals surface area contributed by atoms with E-state index in [4.69, 9.17) is 9.97 Å². The molecular formula is C45H28N2S. The van der Waals surface area contributed by atoms with E-state index in [1.54, 1.807) is 0 Å². The van der Waals surface area contributed by atoms with Gasteiger partial charge < -0.3 is 0 Å². The van der Waals surface area contributed by atoms with Crippen molar-refractivity contribution in [1.82, 2.24) is 9.97 Å². The van der Waals surface area contributed by atoms with Gasteiger partial charge in [-0.25, -0.2) is 9.97 Å². The van der Waals surface area contributed by atoms with Gasteiger partial charge in [-0.05, 0) is 74.8 Å². The number of aromatic nitrogens is 2. The van der Waals surface area contributed by atoms with Gasteiger partial charge in [-0.1, -0.05) is 151 Å². The van der Waals surface area contributed by atoms with E-state index >= 15 is 0 Å². The Kier molecular flexibility index (Phi) is 6.06. The molecule has 2 heterocycles. The third-order valence-electron chi connectivity index (χ3n) is 9.95. The van der Waals surface area contributed by atoms with E-state index in [0.29, 0.717) is 0 Å². The molecule has 2 nitrogen and oxygen atoms in total. The summed E-state index contributed by atoms with van der Waals surface area (Å²) in [5.74, 6) is 0.736. The van der Waals surface area contributed by atoms with Crippen molar-refractivity contribution in [1.29, 1.82) is 0 Å². The van der Waals surface area contributed by atoms with Gasteiger partial charge in [-0.2, -0.15) is 0 Å². The van der Waals surface area contributed by atoms with E-state index in [0.717, 1.165) is 39.1 Å². The van der Waals surface area contributed by atoms with Crippen LogP contribution in [0, 0.1) is 0 Å². The average molecular weight is 629 g/mol. The predicted octanol–water partition coefficient (Wildman–Crippen LogP) is 11.5. The summed E-state index contributed by atoms with van der Waals surface area (Å²) in [5.41, 5.74) is 14.0. The van der Waals surface area contributed by atoms with Crippen molar-refractivity contribution in [3.05, 3.63) is 192 Å². The number of nitrogens with zero attached hydrogens (tertiary/aromatic N) is 2. The van der Waals surface area contributed by atoms with Gasteiger partial charge >= 0.3 is 0 Å². The largest absolute Gasteiger partial charge is 0.228 e. The Balaban J connectivity index is 1.18. The van der Waals surface area contributed by atoms with Crippen LogP contribution >= 0.6 is 11.8 Å². The molecule has 0 amide bonds. The van der Waals surface area contributed by atoms with Gasteiger partial charge in [-0.3, -0.25) is 0 Å². The summed E-state index contributed by atoms with van der Waals surface area (Å²) in [6, 6.07) is 61.4. The van der Waals surface area contributed by atoms with Gasteiger partial charge in [-0.15, -0.1) is 0 Å². The van der Waals surface area contributed by atoms with E-state index in [9.17, 15) is 0 Å². The molecule has 0 saturated carbocycles. The van der Waals surface area contributed by atoms with Crippen molar-refractivity contribution in [3.63, 3.8) is 0 Å². The minimum Gasteiger partial charge on any atom is -0.228 e. The van der Waals surface area contributed by atoms with Gasteiger partial charge in [0.05, 0.1) is 16.6 Å². The number of hydrogen-bond donors (Lipinski definition) is 0. The molecule has 224 valence electrons. The zero-order valence-corrected chi connectivity index (χ0v) is 26.8. The first-order chi connectivity index (χ1) is 23.8. The monoisotopic (exact) mass is 628 g/mol. The van der Waals surface area contributed by atoms with Crippen molar-refractivity contribution in [2.24, 2.45) is 0 Å². The van der Waals surface area contributed by atoms with Crippen LogP contribution in [-0.2, 0) is 5.41 Å². The SMILES string of the molecule is c1ccc(-c2nc(-c3cccc(-c4ccc5c(c4)C4(c6ccccc6S5)c5ccccc5-c5ccccc54)c3)c3ccccc3n2)cc1. The van der Waals surface area contributed by atoms with E-state index in [1.165, 1.54) is 48.7 Å². The molecule has 8 aromatic rings. The lowest BCUT2D eigenvalue weighted by Crippen LogP contribution is -2.32. The van der Waals surface area contributed by atoms with Gasteiger partial charge in [0, 0.05) is 26.3 Å². The molecule has 48 heavy (non-hydrogen) atoms. The Morgan fingerprint density at radius 1 is 0.396 bits per heavy atom. The maximum atomic E-state index is 5.16. The highest BCUT2D eigenvalue weighted by molar-refractivity contribution is 7.99. The normalized spacial score (nSPS) is 13.5. The van der Waals surface area contributed by atoms with Gasteiger partial charge in [0.25, 0.3) is 0 Å². The Morgan fingerprint density at radius 3 is 1.81 bits per heavy atom. The third-order valence-corrected chi connectivity index (χ3v) is 11.1. The Morgan fingerprint density at radius 2 is 1.00 bits per heavy atom. The first-order valence-corrected chi connectivity index (χ1v) is 17.1. The summed E-state index contributed by atoms with van der Waals surface area (Å²) in [7, 11) is 0. The zero-order chi connectivity index (χ0) is 31.7. The lowest BCUT2D eigenvalue weighted by Gasteiger charge is -2.40. The second-order valence-corrected chi connectivity index (χ2v) is 13.6. The van der Waals surface area contributed by atoms with Crippen LogP contribution in [0.25, 0.3) is 55.8 Å². The lowest BCUT2D eigenvalue weighted by atomic mass is 9.67. The highest BCUT2D eigenvalue weighted by atomic mass is 32.2. The molecular weight excluding hydrogens is 601 g/mol. The quantitative estimate of drug-likeness (QED) is 0.195. The van der Waals surface area contributed by atoms with Crippen LogP contribution in [0.3, 0.4) is 0 Å². The van der Waals surface area contributed by atoms with Crippen molar-refractivity contribution < 1.29 is 0 Å². The maximum Gasteiger partial charge on any atom is 0.160 e. The molecule has 0 unspecified atom stereocenters. The average Bonchev–Trinajstić information content (AvgIpc) is 3.45. The number of benzene rings is 7. The molecule has 0 N–H and O–H groups in total. The van der Waals surface area contributed by atoms with E-state index < -0.39 is 5.41 Å². The van der Waals surface area contributed by atoms with Crippen LogP contribution in [0.15, 0.2) is 180 Å². The summed E-state index contributed by atoms with van der Waals surface area (Å²) >= 11 is 1.88. The van der Waals surface area contributed by atoms with E-state index in [-0.39, 0.29) is 0 Å². The summed E-state index contributed by atoms with van der Waals surface area (Å²) in [6.45, 7) is 0. The maximum absolute atomic E-state index is 5.16. The predicted molar refractivity (Wildman–Crippen MR) is 197 cm³/mol. The molecule has 1 spiro atoms. The van der Waals surface area contributed by atoms with Crippen LogP contribution in [0.2, 0.25) is 0 Å². The van der Waals surface area contributed by atoms with Crippen LogP contribution in [0.4, 0.5) is 0 Å². The molecule has 1 aromatic heterocycles. The smallest absolute Gasteiger partial charge is 0.160 e. The minimum atomic E-state index is -0.397. The van der Waals surface area contributed by atoms with E-state index in [1.807, 2.05) is 36.0 Å². The molecule has 0 bridgehead atoms. The summed E-state index contributed by atoms with van der Waals surface area (Å²) in [4.78, 5) is 12.7. The molecule has 7 aromatic carbocycles.